The van der Waals surface area contributed by atoms with Gasteiger partial charge in [0, 0.05) is 0 Å². The molecule has 20 heavy (non-hydrogen) atoms. The fourth-order valence-corrected chi connectivity index (χ4v) is 4.45. The van der Waals surface area contributed by atoms with E-state index in [-0.39, 0.29) is 39.3 Å². The Morgan fingerprint density at radius 3 is 2.45 bits per heavy atom. The predicted octanol–water partition coefficient (Wildman–Crippen LogP) is 2.97. The van der Waals surface area contributed by atoms with Crippen molar-refractivity contribution >= 4 is 42.7 Å². The number of alkyl halides is 1. The van der Waals surface area contributed by atoms with E-state index in [9.17, 15) is 9.59 Å². The van der Waals surface area contributed by atoms with Crippen molar-refractivity contribution in [1.82, 2.24) is 5.32 Å². The Labute approximate surface area is 131 Å². The SMILES string of the molecule is C[C@@H](O[Si](C)(C)C(C)(C)C)[C@H]1C(=O)N[C@@H]1SC(=O)CCl. The van der Waals surface area contributed by atoms with Crippen LogP contribution in [-0.4, -0.2) is 36.7 Å². The Hall–Kier alpha value is -0.0431. The van der Waals surface area contributed by atoms with Crippen LogP contribution in [0.1, 0.15) is 27.7 Å². The fourth-order valence-electron chi connectivity index (χ4n) is 1.82. The first-order valence-electron chi connectivity index (χ1n) is 6.73. The van der Waals surface area contributed by atoms with E-state index in [4.69, 9.17) is 16.0 Å². The minimum absolute atomic E-state index is 0.0404. The standard InChI is InChI=1S/C13H24ClNO3SSi/c1-8(18-20(5,6)13(2,3)4)10-11(17)15-12(10)19-9(16)7-14/h8,10,12H,7H2,1-6H3,(H,15,17)/t8-,10+,12-/m1/s1. The molecule has 0 aromatic heterocycles. The van der Waals surface area contributed by atoms with Crippen LogP contribution in [0.4, 0.5) is 0 Å². The molecule has 1 rings (SSSR count). The molecule has 0 radical (unpaired) electrons. The topological polar surface area (TPSA) is 55.4 Å². The summed E-state index contributed by atoms with van der Waals surface area (Å²) in [7, 11) is -1.92. The molecule has 0 aromatic rings. The molecule has 116 valence electrons. The molecule has 4 nitrogen and oxygen atoms in total. The van der Waals surface area contributed by atoms with Gasteiger partial charge in [0.25, 0.3) is 0 Å². The average molecular weight is 338 g/mol. The van der Waals surface area contributed by atoms with E-state index in [1.54, 1.807) is 0 Å². The molecule has 7 heteroatoms. The van der Waals surface area contributed by atoms with Gasteiger partial charge in [-0.15, -0.1) is 11.6 Å². The number of β-lactam (4-membered cyclic amide) rings is 1. The Morgan fingerprint density at radius 2 is 2.05 bits per heavy atom. The number of rotatable bonds is 5. The van der Waals surface area contributed by atoms with Crippen LogP contribution in [0.25, 0.3) is 0 Å². The third-order valence-corrected chi connectivity index (χ3v) is 10.1. The summed E-state index contributed by atoms with van der Waals surface area (Å²) in [6.45, 7) is 12.7. The van der Waals surface area contributed by atoms with Crippen molar-refractivity contribution in [1.29, 1.82) is 0 Å². The molecule has 1 fully saturated rings. The Kier molecular flexibility index (Phi) is 5.74. The number of carbonyl (C=O) groups is 2. The van der Waals surface area contributed by atoms with Crippen molar-refractivity contribution in [2.75, 3.05) is 5.88 Å². The molecule has 1 saturated heterocycles. The van der Waals surface area contributed by atoms with E-state index in [0.29, 0.717) is 0 Å². The van der Waals surface area contributed by atoms with E-state index >= 15 is 0 Å². The van der Waals surface area contributed by atoms with Crippen molar-refractivity contribution in [3.8, 4) is 0 Å². The van der Waals surface area contributed by atoms with E-state index in [1.807, 2.05) is 6.92 Å². The number of nitrogens with one attached hydrogen (secondary N) is 1. The number of halogens is 1. The lowest BCUT2D eigenvalue weighted by Crippen LogP contribution is -2.62. The van der Waals surface area contributed by atoms with Crippen LogP contribution in [0.15, 0.2) is 0 Å². The van der Waals surface area contributed by atoms with Crippen LogP contribution in [-0.2, 0) is 14.0 Å². The minimum atomic E-state index is -1.92. The summed E-state index contributed by atoms with van der Waals surface area (Å²) in [4.78, 5) is 23.1. The molecule has 0 aromatic carbocycles. The Balaban J connectivity index is 2.68. The summed E-state index contributed by atoms with van der Waals surface area (Å²) < 4.78 is 6.24. The second-order valence-corrected chi connectivity index (χ2v) is 12.9. The molecule has 0 saturated carbocycles. The van der Waals surface area contributed by atoms with Gasteiger partial charge in [-0.1, -0.05) is 32.5 Å². The highest BCUT2D eigenvalue weighted by atomic mass is 35.5. The van der Waals surface area contributed by atoms with E-state index in [0.717, 1.165) is 11.8 Å². The number of thioether (sulfide) groups is 1. The largest absolute Gasteiger partial charge is 0.413 e. The zero-order valence-corrected chi connectivity index (χ0v) is 15.5. The summed E-state index contributed by atoms with van der Waals surface area (Å²) in [6.07, 6.45) is -0.190. The highest BCUT2D eigenvalue weighted by Gasteiger charge is 2.48. The van der Waals surface area contributed by atoms with E-state index < -0.39 is 8.32 Å². The van der Waals surface area contributed by atoms with Crippen LogP contribution in [0, 0.1) is 5.92 Å². The first-order chi connectivity index (χ1) is 8.99. The van der Waals surface area contributed by atoms with Crippen LogP contribution >= 0.6 is 23.4 Å². The van der Waals surface area contributed by atoms with Crippen molar-refractivity contribution in [2.45, 2.75) is 57.3 Å². The molecule has 0 aliphatic carbocycles. The van der Waals surface area contributed by atoms with Crippen LogP contribution < -0.4 is 5.32 Å². The van der Waals surface area contributed by atoms with Gasteiger partial charge in [0.2, 0.25) is 11.0 Å². The van der Waals surface area contributed by atoms with E-state index in [2.05, 4.69) is 39.2 Å². The summed E-state index contributed by atoms with van der Waals surface area (Å²) >= 11 is 6.59. The highest BCUT2D eigenvalue weighted by Crippen LogP contribution is 2.40. The van der Waals surface area contributed by atoms with Crippen molar-refractivity contribution in [3.63, 3.8) is 0 Å². The van der Waals surface area contributed by atoms with Gasteiger partial charge in [-0.3, -0.25) is 9.59 Å². The Morgan fingerprint density at radius 1 is 1.50 bits per heavy atom. The molecule has 0 unspecified atom stereocenters. The molecule has 1 aliphatic heterocycles. The Bertz CT molecular complexity index is 398. The maximum atomic E-state index is 11.8. The van der Waals surface area contributed by atoms with Gasteiger partial charge in [-0.05, 0) is 25.1 Å². The lowest BCUT2D eigenvalue weighted by atomic mass is 9.96. The van der Waals surface area contributed by atoms with Crippen molar-refractivity contribution in [2.24, 2.45) is 5.92 Å². The first-order valence-corrected chi connectivity index (χ1v) is 11.1. The molecular weight excluding hydrogens is 314 g/mol. The first kappa shape index (κ1) is 18.0. The van der Waals surface area contributed by atoms with Crippen molar-refractivity contribution < 1.29 is 14.0 Å². The molecule has 0 spiro atoms. The van der Waals surface area contributed by atoms with E-state index in [1.165, 1.54) is 0 Å². The quantitative estimate of drug-likeness (QED) is 0.476. The maximum Gasteiger partial charge on any atom is 0.229 e. The average Bonchev–Trinajstić information content (AvgIpc) is 2.25. The van der Waals surface area contributed by atoms with Gasteiger partial charge in [0.05, 0.1) is 23.3 Å². The summed E-state index contributed by atoms with van der Waals surface area (Å²) in [5.74, 6) is -0.362. The second kappa shape index (κ2) is 6.38. The van der Waals surface area contributed by atoms with Gasteiger partial charge in [-0.25, -0.2) is 0 Å². The summed E-state index contributed by atoms with van der Waals surface area (Å²) in [6, 6.07) is 0. The zero-order chi connectivity index (χ0) is 15.7. The van der Waals surface area contributed by atoms with Gasteiger partial charge < -0.3 is 9.74 Å². The molecule has 0 bridgehead atoms. The smallest absolute Gasteiger partial charge is 0.229 e. The summed E-state index contributed by atoms with van der Waals surface area (Å²) in [5.41, 5.74) is 0. The number of amides is 1. The molecule has 1 aliphatic rings. The van der Waals surface area contributed by atoms with Crippen molar-refractivity contribution in [3.05, 3.63) is 0 Å². The third-order valence-electron chi connectivity index (χ3n) is 4.07. The molecule has 3 atom stereocenters. The molecular formula is C13H24ClNO3SSi. The molecule has 1 N–H and O–H groups in total. The normalized spacial score (nSPS) is 24.9. The second-order valence-electron chi connectivity index (χ2n) is 6.66. The predicted molar refractivity (Wildman–Crippen MR) is 86.5 cm³/mol. The van der Waals surface area contributed by atoms with Gasteiger partial charge in [0.15, 0.2) is 8.32 Å². The van der Waals surface area contributed by atoms with Crippen LogP contribution in [0.5, 0.6) is 0 Å². The van der Waals surface area contributed by atoms with Crippen LogP contribution in [0.2, 0.25) is 18.1 Å². The highest BCUT2D eigenvalue weighted by molar-refractivity contribution is 8.14. The maximum absolute atomic E-state index is 11.8. The summed E-state index contributed by atoms with van der Waals surface area (Å²) in [5, 5.41) is 2.50. The van der Waals surface area contributed by atoms with Crippen LogP contribution in [0.3, 0.4) is 0 Å². The number of carbonyl (C=O) groups excluding carboxylic acids is 2. The molecule has 1 heterocycles. The molecule has 1 amide bonds. The monoisotopic (exact) mass is 337 g/mol. The number of hydrogen-bond acceptors (Lipinski definition) is 4. The van der Waals surface area contributed by atoms with Gasteiger partial charge in [-0.2, -0.15) is 0 Å². The fraction of sp³-hybridized carbons (Fsp3) is 0.846. The number of hydrogen-bond donors (Lipinski definition) is 1. The third kappa shape index (κ3) is 3.99. The lowest BCUT2D eigenvalue weighted by Gasteiger charge is -2.44. The van der Waals surface area contributed by atoms with Gasteiger partial charge >= 0.3 is 0 Å². The lowest BCUT2D eigenvalue weighted by molar-refractivity contribution is -0.136. The zero-order valence-electron chi connectivity index (χ0n) is 13.0. The minimum Gasteiger partial charge on any atom is -0.413 e. The van der Waals surface area contributed by atoms with Gasteiger partial charge in [0.1, 0.15) is 0 Å².